The summed E-state index contributed by atoms with van der Waals surface area (Å²) < 4.78 is 7.47. The van der Waals surface area contributed by atoms with Crippen LogP contribution in [0.5, 0.6) is 5.75 Å². The quantitative estimate of drug-likeness (QED) is 0.210. The van der Waals surface area contributed by atoms with Crippen LogP contribution in [0.25, 0.3) is 6.08 Å². The van der Waals surface area contributed by atoms with Crippen molar-refractivity contribution in [2.45, 2.75) is 13.0 Å². The van der Waals surface area contributed by atoms with Gasteiger partial charge in [0.05, 0.1) is 13.2 Å². The minimum atomic E-state index is -0.397. The standard InChI is InChI=1S/C21H18I2N2O2/c1-3-9-27-20-18(22)11-15(12-19(20)23)10-17(13-24)21(26)25-14(2)16-7-5-4-6-8-16/h3-8,10-12,14H,1,9H2,2H3,(H,25,26)/b17-10-/t14-/m0/s1. The highest BCUT2D eigenvalue weighted by molar-refractivity contribution is 14.1. The number of carbonyl (C=O) groups is 1. The first kappa shape index (κ1) is 21.4. The van der Waals surface area contributed by atoms with E-state index in [9.17, 15) is 10.1 Å². The third-order valence-corrected chi connectivity index (χ3v) is 5.29. The highest BCUT2D eigenvalue weighted by atomic mass is 127. The number of hydrogen-bond acceptors (Lipinski definition) is 3. The van der Waals surface area contributed by atoms with E-state index in [1.54, 1.807) is 12.2 Å². The molecule has 0 aliphatic carbocycles. The lowest BCUT2D eigenvalue weighted by atomic mass is 10.1. The minimum Gasteiger partial charge on any atom is -0.487 e. The van der Waals surface area contributed by atoms with E-state index in [0.29, 0.717) is 6.61 Å². The highest BCUT2D eigenvalue weighted by Gasteiger charge is 2.15. The molecule has 2 rings (SSSR count). The zero-order valence-electron chi connectivity index (χ0n) is 14.7. The molecule has 1 amide bonds. The van der Waals surface area contributed by atoms with Crippen LogP contribution in [0.1, 0.15) is 24.1 Å². The maximum Gasteiger partial charge on any atom is 0.262 e. The van der Waals surface area contributed by atoms with Crippen LogP contribution in [-0.2, 0) is 4.79 Å². The molecule has 2 aromatic carbocycles. The highest BCUT2D eigenvalue weighted by Crippen LogP contribution is 2.30. The van der Waals surface area contributed by atoms with Gasteiger partial charge in [-0.2, -0.15) is 5.26 Å². The summed E-state index contributed by atoms with van der Waals surface area (Å²) in [5.41, 5.74) is 1.81. The van der Waals surface area contributed by atoms with Gasteiger partial charge in [0.2, 0.25) is 0 Å². The van der Waals surface area contributed by atoms with Crippen molar-refractivity contribution in [2.24, 2.45) is 0 Å². The maximum absolute atomic E-state index is 12.5. The van der Waals surface area contributed by atoms with Crippen molar-refractivity contribution in [1.29, 1.82) is 5.26 Å². The van der Waals surface area contributed by atoms with Gasteiger partial charge in [0, 0.05) is 0 Å². The van der Waals surface area contributed by atoms with Gasteiger partial charge in [0.1, 0.15) is 24.0 Å². The van der Waals surface area contributed by atoms with Crippen molar-refractivity contribution in [3.8, 4) is 11.8 Å². The number of amides is 1. The molecular weight excluding hydrogens is 566 g/mol. The van der Waals surface area contributed by atoms with Crippen LogP contribution in [0.4, 0.5) is 0 Å². The van der Waals surface area contributed by atoms with E-state index in [1.807, 2.05) is 55.5 Å². The van der Waals surface area contributed by atoms with Gasteiger partial charge in [0.15, 0.2) is 0 Å². The van der Waals surface area contributed by atoms with E-state index in [-0.39, 0.29) is 11.6 Å². The van der Waals surface area contributed by atoms with Gasteiger partial charge in [-0.1, -0.05) is 43.0 Å². The van der Waals surface area contributed by atoms with Gasteiger partial charge >= 0.3 is 0 Å². The molecule has 1 N–H and O–H groups in total. The SMILES string of the molecule is C=CCOc1c(I)cc(/C=C(/C#N)C(=O)N[C@@H](C)c2ccccc2)cc1I. The van der Waals surface area contributed by atoms with Crippen molar-refractivity contribution >= 4 is 57.2 Å². The third-order valence-electron chi connectivity index (χ3n) is 3.69. The van der Waals surface area contributed by atoms with Crippen LogP contribution in [0, 0.1) is 18.5 Å². The molecule has 0 saturated heterocycles. The molecule has 0 saturated carbocycles. The number of nitriles is 1. The lowest BCUT2D eigenvalue weighted by Gasteiger charge is -2.14. The molecule has 0 unspecified atom stereocenters. The predicted octanol–water partition coefficient (Wildman–Crippen LogP) is 5.24. The van der Waals surface area contributed by atoms with Gasteiger partial charge in [-0.3, -0.25) is 4.79 Å². The molecule has 0 bridgehead atoms. The Balaban J connectivity index is 2.21. The Morgan fingerprint density at radius 2 is 1.93 bits per heavy atom. The van der Waals surface area contributed by atoms with Crippen molar-refractivity contribution in [1.82, 2.24) is 5.32 Å². The third kappa shape index (κ3) is 6.07. The van der Waals surface area contributed by atoms with Gasteiger partial charge in [-0.25, -0.2) is 0 Å². The topological polar surface area (TPSA) is 62.1 Å². The fraction of sp³-hybridized carbons (Fsp3) is 0.143. The lowest BCUT2D eigenvalue weighted by Crippen LogP contribution is -2.27. The molecule has 0 aromatic heterocycles. The number of hydrogen-bond donors (Lipinski definition) is 1. The number of benzene rings is 2. The Kier molecular flexibility index (Phi) is 8.31. The molecule has 0 radical (unpaired) electrons. The number of carbonyl (C=O) groups excluding carboxylic acids is 1. The Bertz CT molecular complexity index is 879. The summed E-state index contributed by atoms with van der Waals surface area (Å²) in [6.07, 6.45) is 3.28. The Hall–Kier alpha value is -1.86. The molecule has 6 heteroatoms. The van der Waals surface area contributed by atoms with Crippen molar-refractivity contribution in [2.75, 3.05) is 6.61 Å². The monoisotopic (exact) mass is 584 g/mol. The second-order valence-corrected chi connectivity index (χ2v) is 8.01. The Morgan fingerprint density at radius 3 is 2.48 bits per heavy atom. The van der Waals surface area contributed by atoms with Crippen LogP contribution in [0.15, 0.2) is 60.7 Å². The van der Waals surface area contributed by atoms with E-state index < -0.39 is 5.91 Å². The van der Waals surface area contributed by atoms with Crippen LogP contribution < -0.4 is 10.1 Å². The van der Waals surface area contributed by atoms with Crippen LogP contribution >= 0.6 is 45.2 Å². The van der Waals surface area contributed by atoms with E-state index in [0.717, 1.165) is 24.0 Å². The van der Waals surface area contributed by atoms with Crippen molar-refractivity contribution in [3.63, 3.8) is 0 Å². The molecule has 0 aliphatic heterocycles. The maximum atomic E-state index is 12.5. The van der Waals surface area contributed by atoms with Gasteiger partial charge in [0.25, 0.3) is 5.91 Å². The minimum absolute atomic E-state index is 0.0594. The number of nitrogens with zero attached hydrogens (tertiary/aromatic N) is 1. The first-order valence-corrected chi connectivity index (χ1v) is 10.3. The summed E-state index contributed by atoms with van der Waals surface area (Å²) in [7, 11) is 0. The molecule has 138 valence electrons. The normalized spacial score (nSPS) is 12.0. The summed E-state index contributed by atoms with van der Waals surface area (Å²) >= 11 is 4.36. The van der Waals surface area contributed by atoms with Crippen LogP contribution in [-0.4, -0.2) is 12.5 Å². The number of rotatable bonds is 7. The summed E-state index contributed by atoms with van der Waals surface area (Å²) in [5.74, 6) is 0.375. The molecule has 4 nitrogen and oxygen atoms in total. The molecule has 0 fully saturated rings. The first-order chi connectivity index (χ1) is 13.0. The Labute approximate surface area is 186 Å². The van der Waals surface area contributed by atoms with Gasteiger partial charge in [-0.15, -0.1) is 0 Å². The fourth-order valence-electron chi connectivity index (χ4n) is 2.36. The Morgan fingerprint density at radius 1 is 1.30 bits per heavy atom. The first-order valence-electron chi connectivity index (χ1n) is 8.16. The lowest BCUT2D eigenvalue weighted by molar-refractivity contribution is -0.117. The summed E-state index contributed by atoms with van der Waals surface area (Å²) in [4.78, 5) is 12.5. The van der Waals surface area contributed by atoms with E-state index in [2.05, 4.69) is 57.1 Å². The zero-order chi connectivity index (χ0) is 19.8. The summed E-state index contributed by atoms with van der Waals surface area (Å²) in [6, 6.07) is 15.2. The molecule has 1 atom stereocenters. The summed E-state index contributed by atoms with van der Waals surface area (Å²) in [5, 5.41) is 12.3. The molecule has 0 heterocycles. The largest absolute Gasteiger partial charge is 0.487 e. The van der Waals surface area contributed by atoms with Crippen LogP contribution in [0.2, 0.25) is 0 Å². The van der Waals surface area contributed by atoms with E-state index in [1.165, 1.54) is 0 Å². The average molecular weight is 584 g/mol. The smallest absolute Gasteiger partial charge is 0.262 e. The number of nitrogens with one attached hydrogen (secondary N) is 1. The van der Waals surface area contributed by atoms with Crippen LogP contribution in [0.3, 0.4) is 0 Å². The molecule has 27 heavy (non-hydrogen) atoms. The molecule has 0 spiro atoms. The van der Waals surface area contributed by atoms with Gasteiger partial charge < -0.3 is 10.1 Å². The summed E-state index contributed by atoms with van der Waals surface area (Å²) in [6.45, 7) is 5.96. The van der Waals surface area contributed by atoms with Gasteiger partial charge in [-0.05, 0) is 81.4 Å². The molecule has 2 aromatic rings. The zero-order valence-corrected chi connectivity index (χ0v) is 19.0. The second-order valence-electron chi connectivity index (χ2n) is 5.69. The molecule has 0 aliphatic rings. The average Bonchev–Trinajstić information content (AvgIpc) is 2.66. The predicted molar refractivity (Wildman–Crippen MR) is 124 cm³/mol. The van der Waals surface area contributed by atoms with E-state index in [4.69, 9.17) is 4.74 Å². The number of halogens is 2. The van der Waals surface area contributed by atoms with Crippen molar-refractivity contribution in [3.05, 3.63) is 79.0 Å². The number of ether oxygens (including phenoxy) is 1. The second kappa shape index (κ2) is 10.5. The van der Waals surface area contributed by atoms with Crippen molar-refractivity contribution < 1.29 is 9.53 Å². The van der Waals surface area contributed by atoms with E-state index >= 15 is 0 Å². The fourth-order valence-corrected chi connectivity index (χ4v) is 4.49. The molecular formula is C21H18I2N2O2.